The molecular weight excluding hydrogens is 256 g/mol. The minimum Gasteiger partial charge on any atom is -0.384 e. The standard InChI is InChI=1S/C20H22O/c1-13-17-12-15(20(2,3)4)10-11-16(17)19(21)18(13)14-8-6-5-7-9-14/h5-12,19,21H,1-4H3. The van der Waals surface area contributed by atoms with E-state index in [2.05, 4.69) is 58.0 Å². The third-order valence-electron chi connectivity index (χ3n) is 4.38. The van der Waals surface area contributed by atoms with Gasteiger partial charge in [-0.25, -0.2) is 0 Å². The maximum Gasteiger partial charge on any atom is 0.105 e. The molecule has 2 aromatic carbocycles. The summed E-state index contributed by atoms with van der Waals surface area (Å²) in [5.41, 5.74) is 6.98. The molecule has 0 bridgehead atoms. The summed E-state index contributed by atoms with van der Waals surface area (Å²) in [6, 6.07) is 16.6. The summed E-state index contributed by atoms with van der Waals surface area (Å²) in [6.07, 6.45) is -0.517. The minimum absolute atomic E-state index is 0.121. The maximum atomic E-state index is 10.7. The van der Waals surface area contributed by atoms with E-state index in [4.69, 9.17) is 0 Å². The molecule has 1 atom stereocenters. The van der Waals surface area contributed by atoms with Crippen molar-refractivity contribution in [2.45, 2.75) is 39.2 Å². The van der Waals surface area contributed by atoms with Gasteiger partial charge in [-0.05, 0) is 45.7 Å². The number of allylic oxidation sites excluding steroid dienone is 1. The van der Waals surface area contributed by atoms with Crippen LogP contribution in [0.15, 0.2) is 48.5 Å². The Labute approximate surface area is 127 Å². The van der Waals surface area contributed by atoms with Gasteiger partial charge in [-0.3, -0.25) is 0 Å². The molecule has 3 rings (SSSR count). The molecule has 1 aliphatic carbocycles. The van der Waals surface area contributed by atoms with Crippen LogP contribution in [0.3, 0.4) is 0 Å². The van der Waals surface area contributed by atoms with Gasteiger partial charge in [-0.1, -0.05) is 69.3 Å². The van der Waals surface area contributed by atoms with Crippen molar-refractivity contribution < 1.29 is 5.11 Å². The van der Waals surface area contributed by atoms with Crippen LogP contribution < -0.4 is 0 Å². The van der Waals surface area contributed by atoms with E-state index in [0.29, 0.717) is 0 Å². The van der Waals surface area contributed by atoms with Gasteiger partial charge in [0.2, 0.25) is 0 Å². The van der Waals surface area contributed by atoms with Crippen LogP contribution in [0.25, 0.3) is 11.1 Å². The molecule has 1 heteroatoms. The second-order valence-corrected chi connectivity index (χ2v) is 6.86. The Hall–Kier alpha value is -1.86. The van der Waals surface area contributed by atoms with Gasteiger partial charge in [0.15, 0.2) is 0 Å². The predicted octanol–water partition coefficient (Wildman–Crippen LogP) is 4.96. The molecule has 1 unspecified atom stereocenters. The van der Waals surface area contributed by atoms with Gasteiger partial charge in [-0.15, -0.1) is 0 Å². The van der Waals surface area contributed by atoms with Gasteiger partial charge in [0.05, 0.1) is 0 Å². The van der Waals surface area contributed by atoms with Crippen LogP contribution in [0.5, 0.6) is 0 Å². The molecule has 1 N–H and O–H groups in total. The second-order valence-electron chi connectivity index (χ2n) is 6.86. The number of aliphatic hydroxyl groups is 1. The summed E-state index contributed by atoms with van der Waals surface area (Å²) < 4.78 is 0. The third-order valence-corrected chi connectivity index (χ3v) is 4.38. The van der Waals surface area contributed by atoms with E-state index in [1.807, 2.05) is 18.2 Å². The first-order valence-electron chi connectivity index (χ1n) is 7.48. The number of hydrogen-bond donors (Lipinski definition) is 1. The molecule has 0 amide bonds. The van der Waals surface area contributed by atoms with Crippen molar-refractivity contribution in [3.8, 4) is 0 Å². The topological polar surface area (TPSA) is 20.2 Å². The van der Waals surface area contributed by atoms with Gasteiger partial charge in [0.25, 0.3) is 0 Å². The highest BCUT2D eigenvalue weighted by molar-refractivity contribution is 5.98. The van der Waals surface area contributed by atoms with E-state index in [1.54, 1.807) is 0 Å². The van der Waals surface area contributed by atoms with Crippen molar-refractivity contribution in [3.63, 3.8) is 0 Å². The third kappa shape index (κ3) is 2.32. The number of aliphatic hydroxyl groups excluding tert-OH is 1. The number of rotatable bonds is 1. The summed E-state index contributed by atoms with van der Waals surface area (Å²) in [6.45, 7) is 8.77. The van der Waals surface area contributed by atoms with E-state index in [-0.39, 0.29) is 5.41 Å². The lowest BCUT2D eigenvalue weighted by atomic mass is 9.85. The fourth-order valence-corrected chi connectivity index (χ4v) is 3.08. The quantitative estimate of drug-likeness (QED) is 0.781. The molecule has 2 aromatic rings. The summed E-state index contributed by atoms with van der Waals surface area (Å²) in [5, 5.41) is 10.7. The van der Waals surface area contributed by atoms with E-state index >= 15 is 0 Å². The highest BCUT2D eigenvalue weighted by Crippen LogP contribution is 2.46. The fourth-order valence-electron chi connectivity index (χ4n) is 3.08. The molecule has 0 fully saturated rings. The predicted molar refractivity (Wildman–Crippen MR) is 89.0 cm³/mol. The zero-order valence-corrected chi connectivity index (χ0v) is 13.1. The van der Waals surface area contributed by atoms with Crippen molar-refractivity contribution >= 4 is 11.1 Å². The fraction of sp³-hybridized carbons (Fsp3) is 0.300. The Kier molecular flexibility index (Phi) is 3.26. The van der Waals surface area contributed by atoms with Gasteiger partial charge in [0, 0.05) is 0 Å². The van der Waals surface area contributed by atoms with Crippen molar-refractivity contribution in [1.29, 1.82) is 0 Å². The number of fused-ring (bicyclic) bond motifs is 1. The van der Waals surface area contributed by atoms with Crippen LogP contribution >= 0.6 is 0 Å². The molecule has 0 aliphatic heterocycles. The Morgan fingerprint density at radius 1 is 0.952 bits per heavy atom. The second kappa shape index (κ2) is 4.85. The van der Waals surface area contributed by atoms with Gasteiger partial charge < -0.3 is 5.11 Å². The molecule has 0 heterocycles. The molecule has 1 aliphatic rings. The lowest BCUT2D eigenvalue weighted by molar-refractivity contribution is 0.241. The molecule has 0 radical (unpaired) electrons. The van der Waals surface area contributed by atoms with Crippen LogP contribution in [-0.4, -0.2) is 5.11 Å². The van der Waals surface area contributed by atoms with E-state index in [0.717, 1.165) is 16.7 Å². The first-order valence-corrected chi connectivity index (χ1v) is 7.48. The lowest BCUT2D eigenvalue weighted by Gasteiger charge is -2.20. The summed E-state index contributed by atoms with van der Waals surface area (Å²) in [7, 11) is 0. The van der Waals surface area contributed by atoms with Gasteiger partial charge in [-0.2, -0.15) is 0 Å². The van der Waals surface area contributed by atoms with E-state index in [9.17, 15) is 5.11 Å². The molecular formula is C20H22O. The molecule has 21 heavy (non-hydrogen) atoms. The van der Waals surface area contributed by atoms with E-state index in [1.165, 1.54) is 16.7 Å². The van der Waals surface area contributed by atoms with Crippen molar-refractivity contribution in [3.05, 3.63) is 70.8 Å². The molecule has 1 nitrogen and oxygen atoms in total. The molecule has 0 saturated carbocycles. The largest absolute Gasteiger partial charge is 0.384 e. The Morgan fingerprint density at radius 3 is 2.24 bits per heavy atom. The first kappa shape index (κ1) is 14.1. The van der Waals surface area contributed by atoms with E-state index < -0.39 is 6.10 Å². The maximum absolute atomic E-state index is 10.7. The van der Waals surface area contributed by atoms with Crippen LogP contribution in [-0.2, 0) is 5.41 Å². The lowest BCUT2D eigenvalue weighted by Crippen LogP contribution is -2.11. The molecule has 0 aromatic heterocycles. The number of hydrogen-bond acceptors (Lipinski definition) is 1. The Balaban J connectivity index is 2.15. The zero-order valence-electron chi connectivity index (χ0n) is 13.1. The average Bonchev–Trinajstić information content (AvgIpc) is 2.70. The van der Waals surface area contributed by atoms with Gasteiger partial charge in [0.1, 0.15) is 6.10 Å². The minimum atomic E-state index is -0.517. The normalized spacial score (nSPS) is 18.0. The Morgan fingerprint density at radius 2 is 1.62 bits per heavy atom. The number of benzene rings is 2. The highest BCUT2D eigenvalue weighted by atomic mass is 16.3. The highest BCUT2D eigenvalue weighted by Gasteiger charge is 2.29. The van der Waals surface area contributed by atoms with Crippen molar-refractivity contribution in [1.82, 2.24) is 0 Å². The monoisotopic (exact) mass is 278 g/mol. The SMILES string of the molecule is CC1=C(c2ccccc2)C(O)c2ccc(C(C)(C)C)cc21. The van der Waals surface area contributed by atoms with Crippen molar-refractivity contribution in [2.75, 3.05) is 0 Å². The Bertz CT molecular complexity index is 702. The zero-order chi connectivity index (χ0) is 15.2. The smallest absolute Gasteiger partial charge is 0.105 e. The average molecular weight is 278 g/mol. The van der Waals surface area contributed by atoms with Gasteiger partial charge >= 0.3 is 0 Å². The van der Waals surface area contributed by atoms with Crippen LogP contribution in [0.2, 0.25) is 0 Å². The van der Waals surface area contributed by atoms with Crippen LogP contribution in [0, 0.1) is 0 Å². The molecule has 0 spiro atoms. The van der Waals surface area contributed by atoms with Crippen molar-refractivity contribution in [2.24, 2.45) is 0 Å². The summed E-state index contributed by atoms with van der Waals surface area (Å²) in [5.74, 6) is 0. The summed E-state index contributed by atoms with van der Waals surface area (Å²) in [4.78, 5) is 0. The molecule has 0 saturated heterocycles. The molecule has 108 valence electrons. The van der Waals surface area contributed by atoms with Crippen LogP contribution in [0.1, 0.15) is 56.1 Å². The van der Waals surface area contributed by atoms with Crippen LogP contribution in [0.4, 0.5) is 0 Å². The first-order chi connectivity index (χ1) is 9.89. The summed E-state index contributed by atoms with van der Waals surface area (Å²) >= 11 is 0.